The average molecular weight is 279 g/mol. The van der Waals surface area contributed by atoms with Crippen LogP contribution in [0.4, 0.5) is 13.2 Å². The molecule has 0 aromatic carbocycles. The van der Waals surface area contributed by atoms with Gasteiger partial charge in [0, 0.05) is 27.1 Å². The highest BCUT2D eigenvalue weighted by Gasteiger charge is 2.36. The van der Waals surface area contributed by atoms with E-state index in [1.165, 1.54) is 4.90 Å². The maximum atomic E-state index is 12.7. The lowest BCUT2D eigenvalue weighted by atomic mass is 10.2. The van der Waals surface area contributed by atoms with Crippen LogP contribution in [0.1, 0.15) is 32.6 Å². The fraction of sp³-hybridized carbons (Fsp3) is 0.846. The highest BCUT2D eigenvalue weighted by Crippen LogP contribution is 2.25. The van der Waals surface area contributed by atoms with Crippen LogP contribution in [0.15, 0.2) is 11.9 Å². The average Bonchev–Trinajstić information content (AvgIpc) is 2.68. The molecule has 1 aliphatic rings. The third-order valence-corrected chi connectivity index (χ3v) is 3.46. The number of hydrogen-bond donors (Lipinski definition) is 1. The third-order valence-electron chi connectivity index (χ3n) is 3.46. The molecule has 0 bridgehead atoms. The molecule has 1 rings (SSSR count). The fourth-order valence-electron chi connectivity index (χ4n) is 2.48. The molecule has 0 radical (unpaired) electrons. The van der Waals surface area contributed by atoms with Crippen molar-refractivity contribution >= 4 is 0 Å². The maximum absolute atomic E-state index is 12.7. The van der Waals surface area contributed by atoms with Crippen molar-refractivity contribution in [3.8, 4) is 0 Å². The van der Waals surface area contributed by atoms with E-state index in [2.05, 4.69) is 12.2 Å². The van der Waals surface area contributed by atoms with E-state index in [1.54, 1.807) is 7.05 Å². The van der Waals surface area contributed by atoms with E-state index in [4.69, 9.17) is 0 Å². The zero-order valence-electron chi connectivity index (χ0n) is 11.9. The summed E-state index contributed by atoms with van der Waals surface area (Å²) < 4.78 is 38.0. The predicted molar refractivity (Wildman–Crippen MR) is 70.5 cm³/mol. The van der Waals surface area contributed by atoms with Crippen LogP contribution in [0.3, 0.4) is 0 Å². The smallest absolute Gasteiger partial charge is 0.375 e. The normalized spacial score (nSPS) is 20.1. The van der Waals surface area contributed by atoms with Gasteiger partial charge in [0.1, 0.15) is 0 Å². The molecule has 0 aromatic rings. The van der Waals surface area contributed by atoms with Crippen molar-refractivity contribution < 1.29 is 13.2 Å². The van der Waals surface area contributed by atoms with Crippen LogP contribution in [0.2, 0.25) is 0 Å². The zero-order valence-corrected chi connectivity index (χ0v) is 11.9. The van der Waals surface area contributed by atoms with Gasteiger partial charge >= 0.3 is 6.18 Å². The quantitative estimate of drug-likeness (QED) is 0.723. The summed E-state index contributed by atoms with van der Waals surface area (Å²) in [7, 11) is 3.62. The molecule has 112 valence electrons. The molecule has 0 aliphatic carbocycles. The molecular weight excluding hydrogens is 255 g/mol. The SMILES string of the molecule is CCCCCN(CC(F)(F)F)C1CC=C(NC)N1C. The standard InChI is InChI=1S/C13H24F3N3/c1-4-5-6-9-19(10-13(14,15)16)12-8-7-11(17-2)18(12)3/h7,12,17H,4-6,8-10H2,1-3H3. The van der Waals surface area contributed by atoms with Gasteiger partial charge in [-0.05, 0) is 12.5 Å². The summed E-state index contributed by atoms with van der Waals surface area (Å²) in [5, 5.41) is 3.01. The molecule has 0 saturated carbocycles. The molecule has 1 N–H and O–H groups in total. The first-order chi connectivity index (χ1) is 8.89. The van der Waals surface area contributed by atoms with E-state index >= 15 is 0 Å². The highest BCUT2D eigenvalue weighted by molar-refractivity contribution is 5.07. The lowest BCUT2D eigenvalue weighted by Crippen LogP contribution is -2.48. The van der Waals surface area contributed by atoms with Crippen molar-refractivity contribution in [3.63, 3.8) is 0 Å². The number of unbranched alkanes of at least 4 members (excludes halogenated alkanes) is 2. The third kappa shape index (κ3) is 4.93. The number of nitrogens with zero attached hydrogens (tertiary/aromatic N) is 2. The Kier molecular flexibility index (Phi) is 5.97. The minimum Gasteiger partial charge on any atom is -0.375 e. The van der Waals surface area contributed by atoms with Crippen LogP contribution >= 0.6 is 0 Å². The number of alkyl halides is 3. The molecule has 1 unspecified atom stereocenters. The first kappa shape index (κ1) is 16.1. The summed E-state index contributed by atoms with van der Waals surface area (Å²) in [6, 6.07) is 0. The van der Waals surface area contributed by atoms with Crippen LogP contribution in [0, 0.1) is 0 Å². The lowest BCUT2D eigenvalue weighted by Gasteiger charge is -2.36. The molecular formula is C13H24F3N3. The van der Waals surface area contributed by atoms with Gasteiger partial charge in [-0.25, -0.2) is 0 Å². The molecule has 0 amide bonds. The number of rotatable bonds is 7. The molecule has 0 spiro atoms. The van der Waals surface area contributed by atoms with E-state index in [1.807, 2.05) is 18.0 Å². The number of nitrogens with one attached hydrogen (secondary N) is 1. The molecule has 3 nitrogen and oxygen atoms in total. The topological polar surface area (TPSA) is 18.5 Å². The van der Waals surface area contributed by atoms with E-state index in [-0.39, 0.29) is 6.17 Å². The molecule has 1 aliphatic heterocycles. The summed E-state index contributed by atoms with van der Waals surface area (Å²) in [6.45, 7) is 1.71. The summed E-state index contributed by atoms with van der Waals surface area (Å²) >= 11 is 0. The van der Waals surface area contributed by atoms with Crippen LogP contribution in [-0.2, 0) is 0 Å². The minimum absolute atomic E-state index is 0.194. The fourth-order valence-corrected chi connectivity index (χ4v) is 2.48. The predicted octanol–water partition coefficient (Wildman–Crippen LogP) is 2.76. The Balaban J connectivity index is 2.63. The monoisotopic (exact) mass is 279 g/mol. The Morgan fingerprint density at radius 1 is 1.42 bits per heavy atom. The van der Waals surface area contributed by atoms with Crippen molar-refractivity contribution in [2.45, 2.75) is 44.9 Å². The Labute approximate surface area is 113 Å². The van der Waals surface area contributed by atoms with E-state index in [0.29, 0.717) is 13.0 Å². The van der Waals surface area contributed by atoms with Gasteiger partial charge < -0.3 is 10.2 Å². The Bertz CT molecular complexity index is 302. The van der Waals surface area contributed by atoms with Crippen LogP contribution in [0.25, 0.3) is 0 Å². The van der Waals surface area contributed by atoms with Gasteiger partial charge in [0.25, 0.3) is 0 Å². The maximum Gasteiger partial charge on any atom is 0.401 e. The molecule has 1 heterocycles. The van der Waals surface area contributed by atoms with Gasteiger partial charge in [-0.3, -0.25) is 4.90 Å². The Morgan fingerprint density at radius 2 is 2.11 bits per heavy atom. The van der Waals surface area contributed by atoms with Crippen molar-refractivity contribution in [2.75, 3.05) is 27.2 Å². The minimum atomic E-state index is -4.14. The molecule has 1 atom stereocenters. The summed E-state index contributed by atoms with van der Waals surface area (Å²) in [4.78, 5) is 3.42. The second-order valence-electron chi connectivity index (χ2n) is 4.96. The Morgan fingerprint density at radius 3 is 2.58 bits per heavy atom. The van der Waals surface area contributed by atoms with Gasteiger partial charge in [0.05, 0.1) is 18.5 Å². The van der Waals surface area contributed by atoms with E-state index in [0.717, 1.165) is 25.1 Å². The Hall–Kier alpha value is -0.910. The summed E-state index contributed by atoms with van der Waals surface area (Å²) in [6.07, 6.45) is 1.04. The second-order valence-corrected chi connectivity index (χ2v) is 4.96. The van der Waals surface area contributed by atoms with Crippen molar-refractivity contribution in [2.24, 2.45) is 0 Å². The van der Waals surface area contributed by atoms with Crippen molar-refractivity contribution in [1.29, 1.82) is 0 Å². The number of halogens is 3. The largest absolute Gasteiger partial charge is 0.401 e. The molecule has 6 heteroatoms. The van der Waals surface area contributed by atoms with Gasteiger partial charge in [0.15, 0.2) is 0 Å². The van der Waals surface area contributed by atoms with Crippen molar-refractivity contribution in [1.82, 2.24) is 15.1 Å². The second kappa shape index (κ2) is 7.03. The summed E-state index contributed by atoms with van der Waals surface area (Å²) in [5.74, 6) is 0.896. The molecule has 0 saturated heterocycles. The number of hydrogen-bond acceptors (Lipinski definition) is 3. The molecule has 19 heavy (non-hydrogen) atoms. The lowest BCUT2D eigenvalue weighted by molar-refractivity contribution is -0.156. The molecule has 0 fully saturated rings. The molecule has 0 aromatic heterocycles. The highest BCUT2D eigenvalue weighted by atomic mass is 19.4. The first-order valence-corrected chi connectivity index (χ1v) is 6.80. The van der Waals surface area contributed by atoms with Crippen LogP contribution in [-0.4, -0.2) is 49.3 Å². The van der Waals surface area contributed by atoms with Crippen LogP contribution in [0.5, 0.6) is 0 Å². The van der Waals surface area contributed by atoms with Gasteiger partial charge in [0.2, 0.25) is 0 Å². The van der Waals surface area contributed by atoms with Crippen LogP contribution < -0.4 is 5.32 Å². The van der Waals surface area contributed by atoms with Crippen molar-refractivity contribution in [3.05, 3.63) is 11.9 Å². The summed E-state index contributed by atoms with van der Waals surface area (Å²) in [5.41, 5.74) is 0. The zero-order chi connectivity index (χ0) is 14.5. The van der Waals surface area contributed by atoms with E-state index < -0.39 is 12.7 Å². The van der Waals surface area contributed by atoms with Gasteiger partial charge in [-0.2, -0.15) is 13.2 Å². The van der Waals surface area contributed by atoms with E-state index in [9.17, 15) is 13.2 Å². The van der Waals surface area contributed by atoms with Gasteiger partial charge in [-0.15, -0.1) is 0 Å². The van der Waals surface area contributed by atoms with Gasteiger partial charge in [-0.1, -0.05) is 19.8 Å². The first-order valence-electron chi connectivity index (χ1n) is 6.80.